The summed E-state index contributed by atoms with van der Waals surface area (Å²) < 4.78 is 5.09. The van der Waals surface area contributed by atoms with Crippen LogP contribution in [-0.2, 0) is 4.74 Å². The van der Waals surface area contributed by atoms with E-state index in [0.717, 1.165) is 64.4 Å². The van der Waals surface area contributed by atoms with Crippen molar-refractivity contribution in [3.05, 3.63) is 41.5 Å². The van der Waals surface area contributed by atoms with E-state index in [0.29, 0.717) is 0 Å². The molecule has 0 radical (unpaired) electrons. The zero-order valence-electron chi connectivity index (χ0n) is 16.2. The minimum absolute atomic E-state index is 0. The second kappa shape index (κ2) is 14.0. The lowest BCUT2D eigenvalue weighted by molar-refractivity contribution is 0.192. The Morgan fingerprint density at radius 1 is 1.15 bits per heavy atom. The van der Waals surface area contributed by atoms with Crippen LogP contribution in [0.3, 0.4) is 0 Å². The van der Waals surface area contributed by atoms with Crippen LogP contribution in [0.4, 0.5) is 0 Å². The fourth-order valence-corrected chi connectivity index (χ4v) is 3.08. The molecule has 1 N–H and O–H groups in total. The molecule has 1 fully saturated rings. The summed E-state index contributed by atoms with van der Waals surface area (Å²) in [5.74, 6) is 1.08. The Balaban J connectivity index is 0.00000338. The molecule has 1 aromatic rings. The van der Waals surface area contributed by atoms with Gasteiger partial charge in [-0.25, -0.2) is 0 Å². The number of nitrogens with zero attached hydrogens (tertiary/aromatic N) is 2. The summed E-state index contributed by atoms with van der Waals surface area (Å²) in [6.07, 6.45) is 8.02. The minimum atomic E-state index is 0. The van der Waals surface area contributed by atoms with E-state index < -0.39 is 0 Å². The van der Waals surface area contributed by atoms with E-state index in [1.807, 2.05) is 0 Å². The van der Waals surface area contributed by atoms with Crippen molar-refractivity contribution in [3.8, 4) is 0 Å². The van der Waals surface area contributed by atoms with Crippen molar-refractivity contribution in [2.24, 2.45) is 4.99 Å². The standard InChI is InChI=1S/C21H33N3O.HI/c1-3-22-21(23-14-8-5-9-17-25-2)24-15-12-20(13-16-24)18-19-10-6-4-7-11-19;/h4,6-7,10-11,18H,3,5,8-9,12-17H2,1-2H3,(H,22,23);1H. The van der Waals surface area contributed by atoms with E-state index in [2.05, 4.69) is 53.5 Å². The Morgan fingerprint density at radius 3 is 2.54 bits per heavy atom. The van der Waals surface area contributed by atoms with Crippen molar-refractivity contribution < 1.29 is 4.74 Å². The van der Waals surface area contributed by atoms with Crippen molar-refractivity contribution in [2.75, 3.05) is 39.9 Å². The Hall–Kier alpha value is -1.08. The van der Waals surface area contributed by atoms with E-state index >= 15 is 0 Å². The number of nitrogens with one attached hydrogen (secondary N) is 1. The van der Waals surface area contributed by atoms with Crippen LogP contribution >= 0.6 is 24.0 Å². The van der Waals surface area contributed by atoms with Gasteiger partial charge in [0.25, 0.3) is 0 Å². The highest BCUT2D eigenvalue weighted by Crippen LogP contribution is 2.19. The first-order valence-corrected chi connectivity index (χ1v) is 9.60. The largest absolute Gasteiger partial charge is 0.385 e. The summed E-state index contributed by atoms with van der Waals surface area (Å²) in [7, 11) is 1.76. The quantitative estimate of drug-likeness (QED) is 0.261. The molecule has 5 heteroatoms. The Morgan fingerprint density at radius 2 is 1.88 bits per heavy atom. The first-order valence-electron chi connectivity index (χ1n) is 9.60. The van der Waals surface area contributed by atoms with Crippen LogP contribution in [0.5, 0.6) is 0 Å². The van der Waals surface area contributed by atoms with Crippen LogP contribution in [0.2, 0.25) is 0 Å². The van der Waals surface area contributed by atoms with Gasteiger partial charge >= 0.3 is 0 Å². The molecule has 0 spiro atoms. The van der Waals surface area contributed by atoms with Crippen molar-refractivity contribution >= 4 is 36.0 Å². The van der Waals surface area contributed by atoms with Gasteiger partial charge in [0.05, 0.1) is 0 Å². The summed E-state index contributed by atoms with van der Waals surface area (Å²) in [5.41, 5.74) is 2.85. The molecule has 0 bridgehead atoms. The lowest BCUT2D eigenvalue weighted by Gasteiger charge is -2.31. The maximum absolute atomic E-state index is 5.09. The second-order valence-electron chi connectivity index (χ2n) is 6.49. The van der Waals surface area contributed by atoms with E-state index in [-0.39, 0.29) is 24.0 Å². The molecule has 146 valence electrons. The van der Waals surface area contributed by atoms with E-state index in [9.17, 15) is 0 Å². The third-order valence-corrected chi connectivity index (χ3v) is 4.48. The lowest BCUT2D eigenvalue weighted by Crippen LogP contribution is -2.44. The molecule has 1 heterocycles. The highest BCUT2D eigenvalue weighted by atomic mass is 127. The van der Waals surface area contributed by atoms with Crippen LogP contribution in [0, 0.1) is 0 Å². The van der Waals surface area contributed by atoms with Gasteiger partial charge in [0.2, 0.25) is 0 Å². The predicted octanol–water partition coefficient (Wildman–Crippen LogP) is 4.57. The van der Waals surface area contributed by atoms with E-state index in [1.165, 1.54) is 17.6 Å². The number of methoxy groups -OCH3 is 1. The van der Waals surface area contributed by atoms with Crippen LogP contribution < -0.4 is 5.32 Å². The number of unbranched alkanes of at least 4 members (excludes halogenated alkanes) is 2. The zero-order chi connectivity index (χ0) is 17.7. The zero-order valence-corrected chi connectivity index (χ0v) is 18.6. The van der Waals surface area contributed by atoms with Gasteiger partial charge in [-0.3, -0.25) is 4.99 Å². The Bertz CT molecular complexity index is 535. The summed E-state index contributed by atoms with van der Waals surface area (Å²) in [6.45, 7) is 6.91. The molecular weight excluding hydrogens is 437 g/mol. The van der Waals surface area contributed by atoms with Gasteiger partial charge < -0.3 is 15.0 Å². The number of hydrogen-bond donors (Lipinski definition) is 1. The molecule has 4 nitrogen and oxygen atoms in total. The number of aliphatic imine (C=N–C) groups is 1. The number of halogens is 1. The molecule has 1 aliphatic heterocycles. The van der Waals surface area contributed by atoms with Gasteiger partial charge in [-0.2, -0.15) is 0 Å². The average Bonchev–Trinajstić information content (AvgIpc) is 2.65. The lowest BCUT2D eigenvalue weighted by atomic mass is 10.0. The minimum Gasteiger partial charge on any atom is -0.385 e. The van der Waals surface area contributed by atoms with Crippen LogP contribution in [0.15, 0.2) is 40.9 Å². The monoisotopic (exact) mass is 471 g/mol. The number of hydrogen-bond acceptors (Lipinski definition) is 2. The second-order valence-corrected chi connectivity index (χ2v) is 6.49. The Kier molecular flexibility index (Phi) is 12.4. The molecule has 1 saturated heterocycles. The maximum Gasteiger partial charge on any atom is 0.193 e. The van der Waals surface area contributed by atoms with Crippen LogP contribution in [0.1, 0.15) is 44.6 Å². The normalized spacial score (nSPS) is 14.8. The van der Waals surface area contributed by atoms with Gasteiger partial charge in [0, 0.05) is 39.9 Å². The van der Waals surface area contributed by atoms with Crippen molar-refractivity contribution in [1.29, 1.82) is 0 Å². The summed E-state index contributed by atoms with van der Waals surface area (Å²) in [4.78, 5) is 7.22. The molecular formula is C21H34IN3O. The number of likely N-dealkylation sites (tertiary alicyclic amines) is 1. The van der Waals surface area contributed by atoms with Gasteiger partial charge in [-0.1, -0.05) is 42.0 Å². The van der Waals surface area contributed by atoms with E-state index in [1.54, 1.807) is 7.11 Å². The molecule has 0 aliphatic carbocycles. The molecule has 0 amide bonds. The number of rotatable bonds is 8. The van der Waals surface area contributed by atoms with Crippen LogP contribution in [0.25, 0.3) is 6.08 Å². The average molecular weight is 471 g/mol. The highest BCUT2D eigenvalue weighted by Gasteiger charge is 2.16. The number of piperidine rings is 1. The highest BCUT2D eigenvalue weighted by molar-refractivity contribution is 14.0. The number of benzene rings is 1. The first-order chi connectivity index (χ1) is 12.3. The summed E-state index contributed by atoms with van der Waals surface area (Å²) in [6, 6.07) is 10.6. The molecule has 2 rings (SSSR count). The third-order valence-electron chi connectivity index (χ3n) is 4.48. The van der Waals surface area contributed by atoms with Crippen molar-refractivity contribution in [2.45, 2.75) is 39.0 Å². The third kappa shape index (κ3) is 8.54. The van der Waals surface area contributed by atoms with Crippen molar-refractivity contribution in [3.63, 3.8) is 0 Å². The van der Waals surface area contributed by atoms with Gasteiger partial charge in [0.15, 0.2) is 5.96 Å². The molecule has 1 aliphatic rings. The molecule has 26 heavy (non-hydrogen) atoms. The SMILES string of the molecule is CCNC(=NCCCCCOC)N1CCC(=Cc2ccccc2)CC1.I. The molecule has 0 saturated carbocycles. The number of guanidine groups is 1. The summed E-state index contributed by atoms with van der Waals surface area (Å²) >= 11 is 0. The fourth-order valence-electron chi connectivity index (χ4n) is 3.08. The van der Waals surface area contributed by atoms with Gasteiger partial charge in [0.1, 0.15) is 0 Å². The van der Waals surface area contributed by atoms with Crippen LogP contribution in [-0.4, -0.2) is 50.8 Å². The van der Waals surface area contributed by atoms with E-state index in [4.69, 9.17) is 9.73 Å². The van der Waals surface area contributed by atoms with Crippen molar-refractivity contribution in [1.82, 2.24) is 10.2 Å². The molecule has 0 unspecified atom stereocenters. The first kappa shape index (κ1) is 23.0. The maximum atomic E-state index is 5.09. The predicted molar refractivity (Wildman–Crippen MR) is 122 cm³/mol. The van der Waals surface area contributed by atoms with Gasteiger partial charge in [-0.05, 0) is 44.6 Å². The number of ether oxygens (including phenoxy) is 1. The summed E-state index contributed by atoms with van der Waals surface area (Å²) in [5, 5.41) is 3.45. The molecule has 0 aromatic heterocycles. The topological polar surface area (TPSA) is 36.9 Å². The fraction of sp³-hybridized carbons (Fsp3) is 0.571. The Labute approximate surface area is 176 Å². The smallest absolute Gasteiger partial charge is 0.193 e. The molecule has 1 aromatic carbocycles. The molecule has 0 atom stereocenters. The van der Waals surface area contributed by atoms with Gasteiger partial charge in [-0.15, -0.1) is 24.0 Å².